The highest BCUT2D eigenvalue weighted by atomic mass is 19.1. The van der Waals surface area contributed by atoms with Crippen LogP contribution in [0.1, 0.15) is 44.6 Å². The van der Waals surface area contributed by atoms with Crippen molar-refractivity contribution < 1.29 is 4.39 Å². The molecule has 0 spiro atoms. The minimum absolute atomic E-state index is 0.0117. The van der Waals surface area contributed by atoms with Crippen LogP contribution < -0.4 is 4.90 Å². The zero-order valence-corrected chi connectivity index (χ0v) is 17.9. The number of rotatable bonds is 6. The van der Waals surface area contributed by atoms with E-state index >= 15 is 0 Å². The zero-order chi connectivity index (χ0) is 21.1. The fourth-order valence-corrected chi connectivity index (χ4v) is 3.99. The summed E-state index contributed by atoms with van der Waals surface area (Å²) in [6, 6.07) is 17.2. The number of hydrogen-bond acceptors (Lipinski definition) is 5. The second kappa shape index (κ2) is 8.52. The summed E-state index contributed by atoms with van der Waals surface area (Å²) < 4.78 is 15.3. The molecule has 2 aromatic carbocycles. The number of piperazine rings is 1. The molecular weight excluding hydrogens is 379 g/mol. The van der Waals surface area contributed by atoms with E-state index in [2.05, 4.69) is 70.4 Å². The molecular formula is C23H29FN6. The van der Waals surface area contributed by atoms with Gasteiger partial charge in [-0.2, -0.15) is 0 Å². The first-order valence-corrected chi connectivity index (χ1v) is 10.6. The number of anilines is 1. The highest BCUT2D eigenvalue weighted by Gasteiger charge is 2.34. The molecule has 7 heteroatoms. The summed E-state index contributed by atoms with van der Waals surface area (Å²) in [5.41, 5.74) is 2.09. The molecule has 3 aromatic rings. The summed E-state index contributed by atoms with van der Waals surface area (Å²) in [6.45, 7) is 9.97. The average Bonchev–Trinajstić information content (AvgIpc) is 3.26. The standard InChI is InChI=1S/C23H29FN6/c1-4-23(2,3)30-22(25-26-27-30)21(18-8-6-5-7-9-18)29-16-14-28(15-17-29)20-12-10-19(24)11-13-20/h5-13,21H,4,14-17H2,1-3H3/t21-/m0/s1. The van der Waals surface area contributed by atoms with E-state index in [1.54, 1.807) is 0 Å². The summed E-state index contributed by atoms with van der Waals surface area (Å²) >= 11 is 0. The molecule has 1 saturated heterocycles. The van der Waals surface area contributed by atoms with Gasteiger partial charge < -0.3 is 4.90 Å². The monoisotopic (exact) mass is 408 g/mol. The molecule has 1 aromatic heterocycles. The number of benzene rings is 2. The third-order valence-electron chi connectivity index (χ3n) is 6.16. The van der Waals surface area contributed by atoms with Crippen LogP contribution in [0, 0.1) is 5.82 Å². The van der Waals surface area contributed by atoms with E-state index in [1.807, 2.05) is 22.9 Å². The van der Waals surface area contributed by atoms with Crippen molar-refractivity contribution in [3.8, 4) is 0 Å². The zero-order valence-electron chi connectivity index (χ0n) is 17.9. The Hall–Kier alpha value is -2.80. The van der Waals surface area contributed by atoms with Crippen molar-refractivity contribution in [2.75, 3.05) is 31.1 Å². The Morgan fingerprint density at radius 2 is 1.63 bits per heavy atom. The van der Waals surface area contributed by atoms with E-state index < -0.39 is 0 Å². The molecule has 0 saturated carbocycles. The van der Waals surface area contributed by atoms with E-state index in [0.717, 1.165) is 44.1 Å². The van der Waals surface area contributed by atoms with E-state index in [4.69, 9.17) is 0 Å². The number of aromatic nitrogens is 4. The molecule has 1 aliphatic rings. The summed E-state index contributed by atoms with van der Waals surface area (Å²) in [4.78, 5) is 4.75. The lowest BCUT2D eigenvalue weighted by atomic mass is 9.99. The molecule has 6 nitrogen and oxygen atoms in total. The maximum Gasteiger partial charge on any atom is 0.173 e. The molecule has 2 heterocycles. The Morgan fingerprint density at radius 3 is 2.27 bits per heavy atom. The molecule has 0 N–H and O–H groups in total. The van der Waals surface area contributed by atoms with Gasteiger partial charge in [0.15, 0.2) is 5.82 Å². The molecule has 0 radical (unpaired) electrons. The van der Waals surface area contributed by atoms with Gasteiger partial charge in [-0.25, -0.2) is 9.07 Å². The van der Waals surface area contributed by atoms with Gasteiger partial charge in [0.25, 0.3) is 0 Å². The largest absolute Gasteiger partial charge is 0.369 e. The highest BCUT2D eigenvalue weighted by Crippen LogP contribution is 2.32. The summed E-state index contributed by atoms with van der Waals surface area (Å²) in [6.07, 6.45) is 0.935. The fraction of sp³-hybridized carbons (Fsp3) is 0.435. The van der Waals surface area contributed by atoms with E-state index in [1.165, 1.54) is 17.7 Å². The predicted molar refractivity (Wildman–Crippen MR) is 116 cm³/mol. The molecule has 1 fully saturated rings. The van der Waals surface area contributed by atoms with Crippen molar-refractivity contribution in [3.05, 3.63) is 71.8 Å². The Bertz CT molecular complexity index is 945. The van der Waals surface area contributed by atoms with Crippen LogP contribution in [0.4, 0.5) is 10.1 Å². The van der Waals surface area contributed by atoms with Gasteiger partial charge in [0.1, 0.15) is 5.82 Å². The van der Waals surface area contributed by atoms with Crippen molar-refractivity contribution in [2.45, 2.75) is 38.8 Å². The Kier molecular flexibility index (Phi) is 5.81. The SMILES string of the molecule is CCC(C)(C)n1nnnc1[C@H](c1ccccc1)N1CCN(c2ccc(F)cc2)CC1. The maximum absolute atomic E-state index is 13.3. The third-order valence-corrected chi connectivity index (χ3v) is 6.16. The van der Waals surface area contributed by atoms with Crippen LogP contribution in [-0.4, -0.2) is 51.3 Å². The smallest absolute Gasteiger partial charge is 0.173 e. The maximum atomic E-state index is 13.3. The van der Waals surface area contributed by atoms with Gasteiger partial charge in [0.2, 0.25) is 0 Å². The van der Waals surface area contributed by atoms with Crippen LogP contribution >= 0.6 is 0 Å². The van der Waals surface area contributed by atoms with Gasteiger partial charge in [-0.1, -0.05) is 37.3 Å². The summed E-state index contributed by atoms with van der Waals surface area (Å²) in [7, 11) is 0. The van der Waals surface area contributed by atoms with Gasteiger partial charge in [-0.3, -0.25) is 4.90 Å². The molecule has 0 aliphatic carbocycles. The van der Waals surface area contributed by atoms with E-state index in [9.17, 15) is 4.39 Å². The number of tetrazole rings is 1. The predicted octanol–water partition coefficient (Wildman–Crippen LogP) is 3.87. The van der Waals surface area contributed by atoms with Crippen molar-refractivity contribution in [1.29, 1.82) is 0 Å². The normalized spacial score (nSPS) is 16.6. The minimum atomic E-state index is -0.202. The van der Waals surface area contributed by atoms with Gasteiger partial charge in [-0.15, -0.1) is 5.10 Å². The van der Waals surface area contributed by atoms with Crippen molar-refractivity contribution in [1.82, 2.24) is 25.1 Å². The Morgan fingerprint density at radius 1 is 0.967 bits per heavy atom. The number of hydrogen-bond donors (Lipinski definition) is 0. The second-order valence-electron chi connectivity index (χ2n) is 8.43. The van der Waals surface area contributed by atoms with Crippen molar-refractivity contribution in [2.24, 2.45) is 0 Å². The van der Waals surface area contributed by atoms with Crippen LogP contribution in [0.15, 0.2) is 54.6 Å². The van der Waals surface area contributed by atoms with Crippen LogP contribution in [0.25, 0.3) is 0 Å². The Labute approximate surface area is 177 Å². The minimum Gasteiger partial charge on any atom is -0.369 e. The highest BCUT2D eigenvalue weighted by molar-refractivity contribution is 5.46. The van der Waals surface area contributed by atoms with Crippen LogP contribution in [0.3, 0.4) is 0 Å². The summed E-state index contributed by atoms with van der Waals surface area (Å²) in [5, 5.41) is 12.9. The van der Waals surface area contributed by atoms with Crippen LogP contribution in [0.2, 0.25) is 0 Å². The molecule has 4 rings (SSSR count). The van der Waals surface area contributed by atoms with Crippen LogP contribution in [-0.2, 0) is 5.54 Å². The molecule has 0 unspecified atom stereocenters. The lowest BCUT2D eigenvalue weighted by Crippen LogP contribution is -2.48. The lowest BCUT2D eigenvalue weighted by Gasteiger charge is -2.40. The molecule has 0 bridgehead atoms. The fourth-order valence-electron chi connectivity index (χ4n) is 3.99. The molecule has 158 valence electrons. The first-order chi connectivity index (χ1) is 14.5. The van der Waals surface area contributed by atoms with Gasteiger partial charge in [0, 0.05) is 31.9 Å². The average molecular weight is 409 g/mol. The Balaban J connectivity index is 1.61. The quantitative estimate of drug-likeness (QED) is 0.620. The number of nitrogens with zero attached hydrogens (tertiary/aromatic N) is 6. The van der Waals surface area contributed by atoms with Crippen LogP contribution in [0.5, 0.6) is 0 Å². The van der Waals surface area contributed by atoms with Crippen molar-refractivity contribution >= 4 is 5.69 Å². The molecule has 1 aliphatic heterocycles. The van der Waals surface area contributed by atoms with E-state index in [-0.39, 0.29) is 17.4 Å². The third kappa shape index (κ3) is 4.07. The van der Waals surface area contributed by atoms with Gasteiger partial charge >= 0.3 is 0 Å². The van der Waals surface area contributed by atoms with Gasteiger partial charge in [0.05, 0.1) is 11.6 Å². The first-order valence-electron chi connectivity index (χ1n) is 10.6. The lowest BCUT2D eigenvalue weighted by molar-refractivity contribution is 0.187. The number of halogens is 1. The molecule has 1 atom stereocenters. The van der Waals surface area contributed by atoms with Gasteiger partial charge in [-0.05, 0) is 60.5 Å². The molecule has 0 amide bonds. The van der Waals surface area contributed by atoms with E-state index in [0.29, 0.717) is 0 Å². The first kappa shape index (κ1) is 20.5. The summed E-state index contributed by atoms with van der Waals surface area (Å²) in [5.74, 6) is 0.676. The topological polar surface area (TPSA) is 50.1 Å². The second-order valence-corrected chi connectivity index (χ2v) is 8.43. The van der Waals surface area contributed by atoms with Crippen molar-refractivity contribution in [3.63, 3.8) is 0 Å². The molecule has 30 heavy (non-hydrogen) atoms.